The third-order valence-corrected chi connectivity index (χ3v) is 4.88. The summed E-state index contributed by atoms with van der Waals surface area (Å²) in [4.78, 5) is 37.8. The first-order chi connectivity index (χ1) is 13.0. The Bertz CT molecular complexity index is 941. The normalized spacial score (nSPS) is 19.0. The second-order valence-corrected chi connectivity index (χ2v) is 6.72. The van der Waals surface area contributed by atoms with Crippen molar-refractivity contribution in [2.24, 2.45) is 0 Å². The van der Waals surface area contributed by atoms with Gasteiger partial charge in [0.25, 0.3) is 5.91 Å². The number of piperidine rings is 1. The Morgan fingerprint density at radius 1 is 1.15 bits per heavy atom. The van der Waals surface area contributed by atoms with Crippen molar-refractivity contribution in [1.82, 2.24) is 10.2 Å². The van der Waals surface area contributed by atoms with Gasteiger partial charge in [0.05, 0.1) is 6.54 Å². The van der Waals surface area contributed by atoms with Crippen molar-refractivity contribution in [1.29, 1.82) is 0 Å². The molecule has 2 aliphatic heterocycles. The van der Waals surface area contributed by atoms with Gasteiger partial charge in [-0.25, -0.2) is 0 Å². The van der Waals surface area contributed by atoms with E-state index in [1.807, 2.05) is 24.3 Å². The maximum absolute atomic E-state index is 12.8. The second-order valence-electron chi connectivity index (χ2n) is 6.72. The van der Waals surface area contributed by atoms with E-state index in [1.165, 1.54) is 4.90 Å². The van der Waals surface area contributed by atoms with Gasteiger partial charge in [-0.15, -0.1) is 0 Å². The monoisotopic (exact) mass is 365 g/mol. The molecule has 0 spiro atoms. The molecule has 3 N–H and O–H groups in total. The van der Waals surface area contributed by atoms with Crippen LogP contribution in [0.3, 0.4) is 0 Å². The highest BCUT2D eigenvalue weighted by atomic mass is 16.5. The minimum atomic E-state index is -0.635. The van der Waals surface area contributed by atoms with Crippen molar-refractivity contribution in [2.45, 2.75) is 32.0 Å². The lowest BCUT2D eigenvalue weighted by Crippen LogP contribution is -2.52. The largest absolute Gasteiger partial charge is 0.489 e. The highest BCUT2D eigenvalue weighted by Gasteiger charge is 2.40. The molecule has 2 heterocycles. The Morgan fingerprint density at radius 2 is 1.96 bits per heavy atom. The third-order valence-electron chi connectivity index (χ3n) is 4.88. The Kier molecular flexibility index (Phi) is 4.27. The van der Waals surface area contributed by atoms with Gasteiger partial charge in [0.1, 0.15) is 18.4 Å². The molecular weight excluding hydrogens is 346 g/mol. The molecule has 0 aromatic heterocycles. The molecule has 1 saturated heterocycles. The van der Waals surface area contributed by atoms with Crippen molar-refractivity contribution in [3.8, 4) is 5.75 Å². The number of nitrogens with one attached hydrogen (secondary N) is 1. The van der Waals surface area contributed by atoms with Gasteiger partial charge in [-0.2, -0.15) is 0 Å². The summed E-state index contributed by atoms with van der Waals surface area (Å²) >= 11 is 0. The van der Waals surface area contributed by atoms with Crippen molar-refractivity contribution in [3.63, 3.8) is 0 Å². The first-order valence-electron chi connectivity index (χ1n) is 8.76. The molecular formula is C20H19N3O4. The van der Waals surface area contributed by atoms with Crippen molar-refractivity contribution in [2.75, 3.05) is 5.73 Å². The zero-order chi connectivity index (χ0) is 19.0. The number of rotatable bonds is 4. The molecule has 138 valence electrons. The van der Waals surface area contributed by atoms with E-state index < -0.39 is 11.9 Å². The number of hydrogen-bond donors (Lipinski definition) is 2. The quantitative estimate of drug-likeness (QED) is 0.633. The minimum Gasteiger partial charge on any atom is -0.489 e. The molecule has 2 aromatic rings. The van der Waals surface area contributed by atoms with E-state index in [-0.39, 0.29) is 24.8 Å². The fourth-order valence-corrected chi connectivity index (χ4v) is 3.54. The average molecular weight is 365 g/mol. The van der Waals surface area contributed by atoms with Gasteiger partial charge in [-0.1, -0.05) is 18.2 Å². The Balaban J connectivity index is 1.54. The van der Waals surface area contributed by atoms with Gasteiger partial charge < -0.3 is 15.4 Å². The molecule has 0 bridgehead atoms. The van der Waals surface area contributed by atoms with Gasteiger partial charge in [0.15, 0.2) is 0 Å². The van der Waals surface area contributed by atoms with Gasteiger partial charge in [-0.3, -0.25) is 19.7 Å². The van der Waals surface area contributed by atoms with E-state index in [4.69, 9.17) is 10.5 Å². The summed E-state index contributed by atoms with van der Waals surface area (Å²) in [5, 5.41) is 2.31. The van der Waals surface area contributed by atoms with E-state index in [2.05, 4.69) is 5.32 Å². The maximum Gasteiger partial charge on any atom is 0.255 e. The molecule has 1 atom stereocenters. The topological polar surface area (TPSA) is 102 Å². The molecule has 0 saturated carbocycles. The molecule has 3 amide bonds. The Hall–Kier alpha value is -3.35. The summed E-state index contributed by atoms with van der Waals surface area (Å²) in [7, 11) is 0. The fraction of sp³-hybridized carbons (Fsp3) is 0.250. The van der Waals surface area contributed by atoms with E-state index in [0.29, 0.717) is 30.0 Å². The number of ether oxygens (including phenoxy) is 1. The lowest BCUT2D eigenvalue weighted by Gasteiger charge is -2.29. The number of benzene rings is 2. The van der Waals surface area contributed by atoms with Crippen LogP contribution in [0, 0.1) is 0 Å². The van der Waals surface area contributed by atoms with Crippen LogP contribution < -0.4 is 15.8 Å². The van der Waals surface area contributed by atoms with Gasteiger partial charge in [0, 0.05) is 23.2 Å². The van der Waals surface area contributed by atoms with E-state index in [1.54, 1.807) is 18.2 Å². The molecule has 27 heavy (non-hydrogen) atoms. The molecule has 7 nitrogen and oxygen atoms in total. The van der Waals surface area contributed by atoms with Gasteiger partial charge in [-0.05, 0) is 36.2 Å². The number of anilines is 1. The summed E-state index contributed by atoms with van der Waals surface area (Å²) < 4.78 is 5.93. The second kappa shape index (κ2) is 6.75. The zero-order valence-electron chi connectivity index (χ0n) is 14.6. The van der Waals surface area contributed by atoms with Gasteiger partial charge >= 0.3 is 0 Å². The molecule has 7 heteroatoms. The fourth-order valence-electron chi connectivity index (χ4n) is 3.54. The number of carbonyl (C=O) groups is 3. The van der Waals surface area contributed by atoms with Crippen LogP contribution in [0.1, 0.15) is 34.3 Å². The summed E-state index contributed by atoms with van der Waals surface area (Å²) in [6.07, 6.45) is 0.569. The first-order valence-corrected chi connectivity index (χ1v) is 8.76. The standard InChI is InChI=1S/C20H19N3O4/c21-13-4-1-3-12(9-13)11-27-17-6-2-5-14-15(17)10-23(20(14)26)16-7-8-18(24)22-19(16)25/h1-6,9,16H,7-8,10-11,21H2,(H,22,24,25). The highest BCUT2D eigenvalue weighted by molar-refractivity contribution is 6.05. The molecule has 4 rings (SSSR count). The summed E-state index contributed by atoms with van der Waals surface area (Å²) in [6, 6.07) is 12.1. The summed E-state index contributed by atoms with van der Waals surface area (Å²) in [6.45, 7) is 0.613. The van der Waals surface area contributed by atoms with Crippen LogP contribution in [0.4, 0.5) is 5.69 Å². The van der Waals surface area contributed by atoms with Crippen LogP contribution in [-0.2, 0) is 22.7 Å². The van der Waals surface area contributed by atoms with Crippen LogP contribution in [0.25, 0.3) is 0 Å². The summed E-state index contributed by atoms with van der Waals surface area (Å²) in [5.74, 6) is -0.326. The van der Waals surface area contributed by atoms with Crippen molar-refractivity contribution in [3.05, 3.63) is 59.2 Å². The molecule has 2 aliphatic rings. The molecule has 1 unspecified atom stereocenters. The van der Waals surface area contributed by atoms with Crippen LogP contribution in [-0.4, -0.2) is 28.7 Å². The van der Waals surface area contributed by atoms with E-state index in [0.717, 1.165) is 11.1 Å². The SMILES string of the molecule is Nc1cccc(COc2cccc3c2CN(C2CCC(=O)NC2=O)C3=O)c1. The van der Waals surface area contributed by atoms with Crippen LogP contribution in [0.5, 0.6) is 5.75 Å². The maximum atomic E-state index is 12.8. The number of nitrogens with zero attached hydrogens (tertiary/aromatic N) is 1. The predicted octanol–water partition coefficient (Wildman–Crippen LogP) is 1.61. The highest BCUT2D eigenvalue weighted by Crippen LogP contribution is 2.33. The average Bonchev–Trinajstić information content (AvgIpc) is 2.97. The Labute approximate surface area is 156 Å². The van der Waals surface area contributed by atoms with Gasteiger partial charge in [0.2, 0.25) is 11.8 Å². The smallest absolute Gasteiger partial charge is 0.255 e. The number of carbonyl (C=O) groups excluding carboxylic acids is 3. The lowest BCUT2D eigenvalue weighted by molar-refractivity contribution is -0.136. The molecule has 2 aromatic carbocycles. The van der Waals surface area contributed by atoms with E-state index in [9.17, 15) is 14.4 Å². The molecule has 0 aliphatic carbocycles. The summed E-state index contributed by atoms with van der Waals surface area (Å²) in [5.41, 5.74) is 8.67. The number of hydrogen-bond acceptors (Lipinski definition) is 5. The third kappa shape index (κ3) is 3.23. The number of nitrogen functional groups attached to an aromatic ring is 1. The molecule has 0 radical (unpaired) electrons. The van der Waals surface area contributed by atoms with E-state index >= 15 is 0 Å². The number of amides is 3. The Morgan fingerprint density at radius 3 is 2.74 bits per heavy atom. The number of imide groups is 1. The minimum absolute atomic E-state index is 0.214. The number of fused-ring (bicyclic) bond motifs is 1. The lowest BCUT2D eigenvalue weighted by atomic mass is 10.0. The van der Waals surface area contributed by atoms with Crippen LogP contribution >= 0.6 is 0 Å². The van der Waals surface area contributed by atoms with Crippen LogP contribution in [0.2, 0.25) is 0 Å². The number of nitrogens with two attached hydrogens (primary N) is 1. The first kappa shape index (κ1) is 17.1. The zero-order valence-corrected chi connectivity index (χ0v) is 14.6. The predicted molar refractivity (Wildman–Crippen MR) is 97.7 cm³/mol. The molecule has 1 fully saturated rings. The van der Waals surface area contributed by atoms with Crippen molar-refractivity contribution < 1.29 is 19.1 Å². The van der Waals surface area contributed by atoms with Crippen LogP contribution in [0.15, 0.2) is 42.5 Å². The van der Waals surface area contributed by atoms with Crippen molar-refractivity contribution >= 4 is 23.4 Å².